The molecule has 2 aromatic rings. The van der Waals surface area contributed by atoms with Gasteiger partial charge in [-0.15, -0.1) is 0 Å². The Morgan fingerprint density at radius 3 is 2.82 bits per heavy atom. The Morgan fingerprint density at radius 1 is 1.21 bits per heavy atom. The summed E-state index contributed by atoms with van der Waals surface area (Å²) in [5.74, 6) is 0.779. The Bertz CT molecular complexity index is 1010. The van der Waals surface area contributed by atoms with Gasteiger partial charge >= 0.3 is 0 Å². The van der Waals surface area contributed by atoms with Crippen molar-refractivity contribution in [2.24, 2.45) is 0 Å². The van der Waals surface area contributed by atoms with E-state index in [0.717, 1.165) is 43.6 Å². The van der Waals surface area contributed by atoms with E-state index in [0.29, 0.717) is 5.75 Å². The third-order valence-corrected chi connectivity index (χ3v) is 6.64. The van der Waals surface area contributed by atoms with Crippen molar-refractivity contribution in [1.82, 2.24) is 20.7 Å². The Labute approximate surface area is 195 Å². The van der Waals surface area contributed by atoms with Crippen molar-refractivity contribution in [1.29, 1.82) is 0 Å². The summed E-state index contributed by atoms with van der Waals surface area (Å²) in [4.78, 5) is 30.8. The topological polar surface area (TPSA) is 95.6 Å². The van der Waals surface area contributed by atoms with Gasteiger partial charge in [-0.05, 0) is 74.1 Å². The molecule has 33 heavy (non-hydrogen) atoms. The molecule has 3 N–H and O–H groups in total. The molecule has 8 nitrogen and oxygen atoms in total. The molecule has 3 heterocycles. The lowest BCUT2D eigenvalue weighted by molar-refractivity contribution is -0.137. The van der Waals surface area contributed by atoms with Gasteiger partial charge in [-0.2, -0.15) is 0 Å². The van der Waals surface area contributed by atoms with Crippen LogP contribution in [0.25, 0.3) is 0 Å². The lowest BCUT2D eigenvalue weighted by Crippen LogP contribution is -2.55. The lowest BCUT2D eigenvalue weighted by atomic mass is 9.83. The molecule has 0 spiro atoms. The van der Waals surface area contributed by atoms with Crippen LogP contribution >= 0.6 is 0 Å². The number of pyridine rings is 1. The number of nitrogens with zero attached hydrogens (tertiary/aromatic N) is 2. The smallest absolute Gasteiger partial charge is 0.260 e. The summed E-state index contributed by atoms with van der Waals surface area (Å²) in [5, 5.41) is 2.79. The predicted molar refractivity (Wildman–Crippen MR) is 127 cm³/mol. The van der Waals surface area contributed by atoms with Crippen LogP contribution in [-0.4, -0.2) is 53.5 Å². The molecule has 8 heteroatoms. The number of benzene rings is 1. The van der Waals surface area contributed by atoms with Crippen LogP contribution in [0.4, 0.5) is 5.69 Å². The predicted octanol–water partition coefficient (Wildman–Crippen LogP) is 2.68. The second kappa shape index (κ2) is 10.3. The third-order valence-electron chi connectivity index (χ3n) is 6.64. The van der Waals surface area contributed by atoms with E-state index in [1.165, 1.54) is 18.1 Å². The highest BCUT2D eigenvalue weighted by atomic mass is 16.5. The Kier molecular flexibility index (Phi) is 7.25. The zero-order valence-electron chi connectivity index (χ0n) is 19.6. The maximum absolute atomic E-state index is 13.2. The molecule has 2 aliphatic rings. The molecule has 1 aromatic heterocycles. The minimum Gasteiger partial charge on any atom is -0.484 e. The van der Waals surface area contributed by atoms with Crippen molar-refractivity contribution in [2.75, 3.05) is 25.0 Å². The number of aryl methyl sites for hydroxylation is 2. The van der Waals surface area contributed by atoms with Gasteiger partial charge in [0.25, 0.3) is 5.91 Å². The quantitative estimate of drug-likeness (QED) is 0.625. The average molecular weight is 452 g/mol. The number of hydrazine groups is 1. The molecule has 3 atom stereocenters. The number of anilines is 1. The molecule has 2 amide bonds. The minimum atomic E-state index is -0.117. The summed E-state index contributed by atoms with van der Waals surface area (Å²) < 4.78 is 5.86. The largest absolute Gasteiger partial charge is 0.484 e. The third kappa shape index (κ3) is 5.34. The highest BCUT2D eigenvalue weighted by Gasteiger charge is 2.40. The van der Waals surface area contributed by atoms with Crippen molar-refractivity contribution in [3.8, 4) is 5.75 Å². The minimum absolute atomic E-state index is 0.00203. The van der Waals surface area contributed by atoms with Gasteiger partial charge < -0.3 is 15.0 Å². The second-order valence-electron chi connectivity index (χ2n) is 8.99. The number of carbonyl (C=O) groups is 2. The van der Waals surface area contributed by atoms with E-state index < -0.39 is 0 Å². The molecular weight excluding hydrogens is 418 g/mol. The van der Waals surface area contributed by atoms with Gasteiger partial charge in [0, 0.05) is 56.1 Å². The number of amides is 2. The van der Waals surface area contributed by atoms with Crippen LogP contribution in [0.2, 0.25) is 0 Å². The molecule has 0 radical (unpaired) electrons. The van der Waals surface area contributed by atoms with Crippen LogP contribution in [0.1, 0.15) is 48.8 Å². The highest BCUT2D eigenvalue weighted by molar-refractivity contribution is 5.89. The number of hydrogen-bond acceptors (Lipinski definition) is 6. The lowest BCUT2D eigenvalue weighted by Gasteiger charge is -2.41. The van der Waals surface area contributed by atoms with Crippen LogP contribution in [-0.2, 0) is 9.59 Å². The van der Waals surface area contributed by atoms with Crippen LogP contribution < -0.4 is 20.9 Å². The van der Waals surface area contributed by atoms with Gasteiger partial charge in [0.15, 0.2) is 6.61 Å². The number of nitrogens with one attached hydrogen (secondary N) is 3. The molecule has 2 aliphatic heterocycles. The zero-order valence-corrected chi connectivity index (χ0v) is 19.6. The van der Waals surface area contributed by atoms with Crippen LogP contribution in [0.5, 0.6) is 5.75 Å². The number of piperidine rings is 1. The van der Waals surface area contributed by atoms with E-state index in [-0.39, 0.29) is 36.4 Å². The summed E-state index contributed by atoms with van der Waals surface area (Å²) >= 11 is 0. The van der Waals surface area contributed by atoms with Crippen molar-refractivity contribution < 1.29 is 14.3 Å². The van der Waals surface area contributed by atoms with E-state index in [1.54, 1.807) is 12.1 Å². The average Bonchev–Trinajstić information content (AvgIpc) is 3.28. The van der Waals surface area contributed by atoms with E-state index in [4.69, 9.17) is 4.74 Å². The number of likely N-dealkylation sites (tertiary alicyclic amines) is 1. The standard InChI is InChI=1S/C25H33N5O3/c1-16-12-19(7-8-22(16)28-18(3)31)33-15-24(32)30-11-5-4-6-23(30)25-21(14-27-29-25)20-9-10-26-13-17(20)2/h7-10,12-13,21,23,25,27,29H,4-6,11,14-15H2,1-3H3,(H,28,31). The first-order chi connectivity index (χ1) is 15.9. The first kappa shape index (κ1) is 23.2. The zero-order chi connectivity index (χ0) is 23.4. The molecule has 0 bridgehead atoms. The summed E-state index contributed by atoms with van der Waals surface area (Å²) in [6.07, 6.45) is 6.83. The van der Waals surface area contributed by atoms with Gasteiger partial charge in [-0.25, -0.2) is 0 Å². The number of hydrogen-bond donors (Lipinski definition) is 3. The molecule has 0 saturated carbocycles. The normalized spacial score (nSPS) is 22.8. The fraction of sp³-hybridized carbons (Fsp3) is 0.480. The van der Waals surface area contributed by atoms with Crippen LogP contribution in [0.3, 0.4) is 0 Å². The fourth-order valence-electron chi connectivity index (χ4n) is 5.01. The Morgan fingerprint density at radius 2 is 2.06 bits per heavy atom. The van der Waals surface area contributed by atoms with Gasteiger partial charge in [0.1, 0.15) is 5.75 Å². The van der Waals surface area contributed by atoms with E-state index in [1.807, 2.05) is 30.3 Å². The number of carbonyl (C=O) groups excluding carboxylic acids is 2. The molecular formula is C25H33N5O3. The highest BCUT2D eigenvalue weighted by Crippen LogP contribution is 2.32. The molecule has 1 aromatic carbocycles. The van der Waals surface area contributed by atoms with Crippen LogP contribution in [0.15, 0.2) is 36.7 Å². The van der Waals surface area contributed by atoms with Crippen LogP contribution in [0, 0.1) is 13.8 Å². The monoisotopic (exact) mass is 451 g/mol. The second-order valence-corrected chi connectivity index (χ2v) is 8.99. The van der Waals surface area contributed by atoms with E-state index in [2.05, 4.69) is 34.1 Å². The first-order valence-electron chi connectivity index (χ1n) is 11.6. The maximum atomic E-state index is 13.2. The number of rotatable bonds is 6. The molecule has 2 saturated heterocycles. The van der Waals surface area contributed by atoms with E-state index in [9.17, 15) is 9.59 Å². The molecule has 0 aliphatic carbocycles. The Hall–Kier alpha value is -2.97. The summed E-state index contributed by atoms with van der Waals surface area (Å²) in [6.45, 7) is 7.04. The summed E-state index contributed by atoms with van der Waals surface area (Å²) in [5.41, 5.74) is 10.9. The van der Waals surface area contributed by atoms with Crippen molar-refractivity contribution in [3.05, 3.63) is 53.3 Å². The number of ether oxygens (including phenoxy) is 1. The number of aromatic nitrogens is 1. The molecule has 3 unspecified atom stereocenters. The van der Waals surface area contributed by atoms with Gasteiger partial charge in [-0.1, -0.05) is 0 Å². The summed E-state index contributed by atoms with van der Waals surface area (Å²) in [7, 11) is 0. The Balaban J connectivity index is 1.44. The summed E-state index contributed by atoms with van der Waals surface area (Å²) in [6, 6.07) is 7.75. The van der Waals surface area contributed by atoms with Gasteiger partial charge in [0.05, 0.1) is 0 Å². The van der Waals surface area contributed by atoms with Crippen molar-refractivity contribution in [3.63, 3.8) is 0 Å². The van der Waals surface area contributed by atoms with Gasteiger partial charge in [-0.3, -0.25) is 25.4 Å². The first-order valence-corrected chi connectivity index (χ1v) is 11.6. The molecule has 2 fully saturated rings. The van der Waals surface area contributed by atoms with Gasteiger partial charge in [0.2, 0.25) is 5.91 Å². The fourth-order valence-corrected chi connectivity index (χ4v) is 5.01. The maximum Gasteiger partial charge on any atom is 0.260 e. The SMILES string of the molecule is CC(=O)Nc1ccc(OCC(=O)N2CCCCC2C2NNCC2c2ccncc2C)cc1C. The molecule has 176 valence electrons. The van der Waals surface area contributed by atoms with Crippen molar-refractivity contribution in [2.45, 2.75) is 58.0 Å². The molecule has 4 rings (SSSR count). The van der Waals surface area contributed by atoms with E-state index >= 15 is 0 Å². The van der Waals surface area contributed by atoms with Crippen molar-refractivity contribution >= 4 is 17.5 Å².